The van der Waals surface area contributed by atoms with Gasteiger partial charge >= 0.3 is 0 Å². The van der Waals surface area contributed by atoms with Gasteiger partial charge in [0, 0.05) is 43.5 Å². The van der Waals surface area contributed by atoms with Gasteiger partial charge in [0.05, 0.1) is 0 Å². The average Bonchev–Trinajstić information content (AvgIpc) is 3.35. The van der Waals surface area contributed by atoms with Crippen LogP contribution in [0.25, 0.3) is 0 Å². The number of unbranched alkanes of at least 4 members (excludes halogenated alkanes) is 7. The zero-order valence-corrected chi connectivity index (χ0v) is 27.8. The van der Waals surface area contributed by atoms with Crippen molar-refractivity contribution in [3.05, 3.63) is 35.4 Å². The molecule has 0 radical (unpaired) electrons. The predicted octanol–water partition coefficient (Wildman–Crippen LogP) is 9.24. The molecule has 0 aromatic heterocycles. The van der Waals surface area contributed by atoms with E-state index in [1.54, 1.807) is 0 Å². The molecule has 0 bridgehead atoms. The van der Waals surface area contributed by atoms with Gasteiger partial charge in [-0.15, -0.1) is 11.6 Å². The molecule has 4 fully saturated rings. The number of hydrogen-bond donors (Lipinski definition) is 0. The first-order valence-corrected chi connectivity index (χ1v) is 18.0. The third-order valence-corrected chi connectivity index (χ3v) is 13.0. The highest BCUT2D eigenvalue weighted by Gasteiger charge is 2.62. The van der Waals surface area contributed by atoms with Gasteiger partial charge in [-0.1, -0.05) is 77.8 Å². The van der Waals surface area contributed by atoms with Gasteiger partial charge < -0.3 is 9.80 Å². The third-order valence-electron chi connectivity index (χ3n) is 12.7. The second-order valence-electron chi connectivity index (χ2n) is 14.9. The molecular weight excluding hydrogens is 540 g/mol. The van der Waals surface area contributed by atoms with Crippen molar-refractivity contribution in [3.8, 4) is 0 Å². The maximum absolute atomic E-state index is 14.3. The van der Waals surface area contributed by atoms with E-state index in [9.17, 15) is 9.59 Å². The Hall–Kier alpha value is -1.55. The van der Waals surface area contributed by atoms with Gasteiger partial charge in [-0.3, -0.25) is 9.59 Å². The number of carbonyl (C=O) groups is 2. The summed E-state index contributed by atoms with van der Waals surface area (Å²) < 4.78 is 0. The van der Waals surface area contributed by atoms with Gasteiger partial charge in [-0.05, 0) is 97.6 Å². The number of alkyl halides is 1. The fraction of sp³-hybridized carbons (Fsp3) is 0.784. The molecule has 5 heteroatoms. The summed E-state index contributed by atoms with van der Waals surface area (Å²) in [5, 5.41) is 0. The van der Waals surface area contributed by atoms with Gasteiger partial charge in [0.15, 0.2) is 0 Å². The van der Waals surface area contributed by atoms with Crippen LogP contribution in [0.4, 0.5) is 0 Å². The molecule has 234 valence electrons. The molecule has 1 saturated heterocycles. The van der Waals surface area contributed by atoms with Crippen molar-refractivity contribution in [2.24, 2.45) is 28.6 Å². The van der Waals surface area contributed by atoms with Crippen LogP contribution < -0.4 is 0 Å². The monoisotopic (exact) mass is 596 g/mol. The summed E-state index contributed by atoms with van der Waals surface area (Å²) in [6.45, 7) is 8.19. The van der Waals surface area contributed by atoms with Crippen LogP contribution in [0, 0.1) is 28.6 Å². The molecular formula is C37H57ClN2O2. The van der Waals surface area contributed by atoms with E-state index in [1.165, 1.54) is 70.6 Å². The minimum Gasteiger partial charge on any atom is -0.342 e. The number of amides is 2. The van der Waals surface area contributed by atoms with Crippen LogP contribution >= 0.6 is 11.6 Å². The van der Waals surface area contributed by atoms with Crippen molar-refractivity contribution in [2.45, 2.75) is 141 Å². The number of halogens is 1. The Bertz CT molecular complexity index is 1090. The van der Waals surface area contributed by atoms with E-state index in [4.69, 9.17) is 11.6 Å². The summed E-state index contributed by atoms with van der Waals surface area (Å²) >= 11 is 6.18. The summed E-state index contributed by atoms with van der Waals surface area (Å²) in [6, 6.07) is 8.73. The van der Waals surface area contributed by atoms with Crippen molar-refractivity contribution >= 4 is 23.4 Å². The Labute approximate surface area is 261 Å². The normalized spacial score (nSPS) is 34.1. The van der Waals surface area contributed by atoms with Crippen molar-refractivity contribution in [2.75, 3.05) is 13.6 Å². The molecule has 3 aliphatic carbocycles. The fourth-order valence-corrected chi connectivity index (χ4v) is 10.6. The van der Waals surface area contributed by atoms with Crippen LogP contribution in [0.15, 0.2) is 24.3 Å². The number of nitrogens with zero attached hydrogens (tertiary/aromatic N) is 2. The quantitative estimate of drug-likeness (QED) is 0.178. The van der Waals surface area contributed by atoms with Crippen LogP contribution in [-0.4, -0.2) is 47.3 Å². The van der Waals surface area contributed by atoms with E-state index in [0.717, 1.165) is 49.3 Å². The molecule has 1 aromatic rings. The summed E-state index contributed by atoms with van der Waals surface area (Å²) in [4.78, 5) is 31.3. The van der Waals surface area contributed by atoms with E-state index in [0.29, 0.717) is 42.1 Å². The molecule has 4 aliphatic rings. The molecule has 1 heterocycles. The highest BCUT2D eigenvalue weighted by Crippen LogP contribution is 2.65. The topological polar surface area (TPSA) is 40.6 Å². The number of fused-ring (bicyclic) bond motifs is 5. The Morgan fingerprint density at radius 3 is 2.38 bits per heavy atom. The molecule has 5 rings (SSSR count). The molecule has 1 aliphatic heterocycles. The van der Waals surface area contributed by atoms with E-state index in [2.05, 4.69) is 37.6 Å². The second kappa shape index (κ2) is 13.6. The molecule has 2 amide bonds. The van der Waals surface area contributed by atoms with Crippen LogP contribution in [0.2, 0.25) is 0 Å². The highest BCUT2D eigenvalue weighted by atomic mass is 35.5. The summed E-state index contributed by atoms with van der Waals surface area (Å²) in [5.74, 6) is 3.07. The molecule has 0 spiro atoms. The lowest BCUT2D eigenvalue weighted by Crippen LogP contribution is -2.62. The van der Waals surface area contributed by atoms with E-state index in [1.807, 2.05) is 24.3 Å². The molecule has 7 atom stereocenters. The molecule has 0 N–H and O–H groups in total. The van der Waals surface area contributed by atoms with Gasteiger partial charge in [-0.25, -0.2) is 0 Å². The first-order valence-electron chi connectivity index (χ1n) is 17.5. The minimum absolute atomic E-state index is 0.167. The van der Waals surface area contributed by atoms with Gasteiger partial charge in [0.1, 0.15) is 0 Å². The second-order valence-corrected chi connectivity index (χ2v) is 15.2. The first-order chi connectivity index (χ1) is 20.2. The zero-order valence-electron chi connectivity index (χ0n) is 27.0. The van der Waals surface area contributed by atoms with Crippen LogP contribution in [-0.2, 0) is 10.7 Å². The van der Waals surface area contributed by atoms with Gasteiger partial charge in [0.2, 0.25) is 5.91 Å². The maximum Gasteiger partial charge on any atom is 0.254 e. The Morgan fingerprint density at radius 2 is 1.64 bits per heavy atom. The molecule has 3 saturated carbocycles. The van der Waals surface area contributed by atoms with Crippen molar-refractivity contribution in [1.82, 2.24) is 9.80 Å². The lowest BCUT2D eigenvalue weighted by atomic mass is 9.47. The smallest absolute Gasteiger partial charge is 0.254 e. The van der Waals surface area contributed by atoms with Gasteiger partial charge in [-0.2, -0.15) is 0 Å². The fourth-order valence-electron chi connectivity index (χ4n) is 10.4. The first kappa shape index (κ1) is 31.9. The SMILES string of the molecule is CCCCCCCCCCN(C(=O)c1cccc(CCl)c1)[C@H]1CC[C@H]2[C@@H]3CC[C@H]4N(C)C(=O)CC[C@]4(C)[C@H]3CC[C@]12C. The third kappa shape index (κ3) is 6.04. The summed E-state index contributed by atoms with van der Waals surface area (Å²) in [6.07, 6.45) is 19.2. The lowest BCUT2D eigenvalue weighted by Gasteiger charge is -2.62. The lowest BCUT2D eigenvalue weighted by molar-refractivity contribution is -0.158. The van der Waals surface area contributed by atoms with Crippen LogP contribution in [0.5, 0.6) is 0 Å². The average molecular weight is 597 g/mol. The highest BCUT2D eigenvalue weighted by molar-refractivity contribution is 6.17. The number of benzene rings is 1. The summed E-state index contributed by atoms with van der Waals surface area (Å²) in [7, 11) is 2.05. The zero-order chi connectivity index (χ0) is 29.9. The number of likely N-dealkylation sites (tertiary alicyclic amines) is 1. The minimum atomic E-state index is 0.167. The Kier molecular flexibility index (Phi) is 10.3. The van der Waals surface area contributed by atoms with E-state index < -0.39 is 0 Å². The molecule has 0 unspecified atom stereocenters. The van der Waals surface area contributed by atoms with Crippen LogP contribution in [0.1, 0.15) is 139 Å². The van der Waals surface area contributed by atoms with Crippen molar-refractivity contribution < 1.29 is 9.59 Å². The number of hydrogen-bond acceptors (Lipinski definition) is 2. The number of piperidine rings is 1. The molecule has 42 heavy (non-hydrogen) atoms. The largest absolute Gasteiger partial charge is 0.342 e. The van der Waals surface area contributed by atoms with Gasteiger partial charge in [0.25, 0.3) is 5.91 Å². The van der Waals surface area contributed by atoms with E-state index in [-0.39, 0.29) is 16.7 Å². The number of rotatable bonds is 12. The standard InChI is InChI=1S/C37H57ClN2O2/c1-5-6-7-8-9-10-11-12-24-40(35(42)28-15-13-14-27(25-28)26-38)33-19-17-30-29-16-18-32-36(2,23-21-34(41)39(32)4)31(29)20-22-37(30,33)3/h13-15,25,29-33H,5-12,16-24,26H2,1-4H3/t29-,30-,31-,32+,33-,36+,37-/m0/s1. The van der Waals surface area contributed by atoms with Crippen molar-refractivity contribution in [3.63, 3.8) is 0 Å². The van der Waals surface area contributed by atoms with E-state index >= 15 is 0 Å². The Balaban J connectivity index is 1.32. The Morgan fingerprint density at radius 1 is 0.929 bits per heavy atom. The summed E-state index contributed by atoms with van der Waals surface area (Å²) in [5.41, 5.74) is 2.23. The maximum atomic E-state index is 14.3. The van der Waals surface area contributed by atoms with Crippen molar-refractivity contribution in [1.29, 1.82) is 0 Å². The predicted molar refractivity (Wildman–Crippen MR) is 174 cm³/mol. The molecule has 1 aromatic carbocycles. The van der Waals surface area contributed by atoms with Crippen LogP contribution in [0.3, 0.4) is 0 Å². The molecule has 4 nitrogen and oxygen atoms in total. The number of carbonyl (C=O) groups excluding carboxylic acids is 2.